The molecule has 1 heterocycles. The Kier molecular flexibility index (Phi) is 5.25. The molecule has 0 atom stereocenters. The molecular weight excluding hydrogens is 334 g/mol. The number of ether oxygens (including phenoxy) is 1. The summed E-state index contributed by atoms with van der Waals surface area (Å²) in [6.45, 7) is 1.04. The lowest BCUT2D eigenvalue weighted by Crippen LogP contribution is -2.36. The second kappa shape index (κ2) is 7.42. The van der Waals surface area contributed by atoms with Gasteiger partial charge < -0.3 is 4.74 Å². The van der Waals surface area contributed by atoms with E-state index in [0.717, 1.165) is 40.9 Å². The molecule has 0 amide bonds. The molecule has 1 aliphatic rings. The van der Waals surface area contributed by atoms with E-state index in [0.29, 0.717) is 13.1 Å². The Morgan fingerprint density at radius 3 is 2.24 bits per heavy atom. The maximum atomic E-state index is 12.0. The van der Waals surface area contributed by atoms with Crippen molar-refractivity contribution in [1.82, 2.24) is 4.31 Å². The molecule has 0 N–H and O–H groups in total. The highest BCUT2D eigenvalue weighted by molar-refractivity contribution is 7.88. The first-order chi connectivity index (χ1) is 12.0. The first kappa shape index (κ1) is 17.7. The van der Waals surface area contributed by atoms with Crippen molar-refractivity contribution < 1.29 is 13.2 Å². The standard InChI is InChI=1S/C20H23NO3S/c1-24-19-12-10-17(11-13-19)20(16-7-4-3-5-8-16)18-9-6-14-21(15-18)25(2,22)23/h3-5,7-8,10-13H,6,9,14-15H2,1-2H3/b20-18+. The third kappa shape index (κ3) is 4.11. The summed E-state index contributed by atoms with van der Waals surface area (Å²) in [6.07, 6.45) is 3.03. The minimum atomic E-state index is -3.19. The van der Waals surface area contributed by atoms with Crippen LogP contribution in [0, 0.1) is 0 Å². The van der Waals surface area contributed by atoms with Gasteiger partial charge in [0, 0.05) is 13.1 Å². The Labute approximate surface area is 149 Å². The van der Waals surface area contributed by atoms with Gasteiger partial charge in [-0.05, 0) is 47.2 Å². The molecule has 25 heavy (non-hydrogen) atoms. The molecular formula is C20H23NO3S. The number of sulfonamides is 1. The fraction of sp³-hybridized carbons (Fsp3) is 0.300. The SMILES string of the molecule is COc1ccc(/C(=C2\CCCN(S(C)(=O)=O)C2)c2ccccc2)cc1. The van der Waals surface area contributed by atoms with Gasteiger partial charge in [-0.1, -0.05) is 42.5 Å². The van der Waals surface area contributed by atoms with Crippen LogP contribution in [-0.4, -0.2) is 39.2 Å². The minimum Gasteiger partial charge on any atom is -0.497 e. The van der Waals surface area contributed by atoms with Gasteiger partial charge >= 0.3 is 0 Å². The number of hydrogen-bond acceptors (Lipinski definition) is 3. The zero-order valence-corrected chi connectivity index (χ0v) is 15.4. The molecule has 3 rings (SSSR count). The molecule has 0 unspecified atom stereocenters. The summed E-state index contributed by atoms with van der Waals surface area (Å²) in [4.78, 5) is 0. The van der Waals surface area contributed by atoms with Crippen LogP contribution in [0.25, 0.3) is 5.57 Å². The van der Waals surface area contributed by atoms with Crippen LogP contribution < -0.4 is 4.74 Å². The Balaban J connectivity index is 2.10. The molecule has 132 valence electrons. The maximum absolute atomic E-state index is 12.0. The van der Waals surface area contributed by atoms with E-state index >= 15 is 0 Å². The van der Waals surface area contributed by atoms with Crippen LogP contribution in [0.4, 0.5) is 0 Å². The van der Waals surface area contributed by atoms with Crippen LogP contribution in [0.15, 0.2) is 60.2 Å². The fourth-order valence-corrected chi connectivity index (χ4v) is 4.12. The van der Waals surface area contributed by atoms with E-state index in [1.165, 1.54) is 6.26 Å². The lowest BCUT2D eigenvalue weighted by atomic mass is 9.89. The van der Waals surface area contributed by atoms with Crippen molar-refractivity contribution in [2.75, 3.05) is 26.5 Å². The maximum Gasteiger partial charge on any atom is 0.211 e. The fourth-order valence-electron chi connectivity index (χ4n) is 3.26. The molecule has 2 aromatic rings. The molecule has 2 aromatic carbocycles. The summed E-state index contributed by atoms with van der Waals surface area (Å²) >= 11 is 0. The first-order valence-electron chi connectivity index (χ1n) is 8.36. The lowest BCUT2D eigenvalue weighted by molar-refractivity contribution is 0.399. The van der Waals surface area contributed by atoms with Gasteiger partial charge in [0.05, 0.1) is 13.4 Å². The number of rotatable bonds is 4. The molecule has 1 fully saturated rings. The van der Waals surface area contributed by atoms with Crippen LogP contribution in [-0.2, 0) is 10.0 Å². The first-order valence-corrected chi connectivity index (χ1v) is 10.2. The lowest BCUT2D eigenvalue weighted by Gasteiger charge is -2.29. The van der Waals surface area contributed by atoms with Crippen LogP contribution in [0.5, 0.6) is 5.75 Å². The van der Waals surface area contributed by atoms with E-state index in [-0.39, 0.29) is 0 Å². The second-order valence-corrected chi connectivity index (χ2v) is 8.26. The highest BCUT2D eigenvalue weighted by atomic mass is 32.2. The van der Waals surface area contributed by atoms with E-state index in [1.807, 2.05) is 42.5 Å². The number of nitrogens with zero attached hydrogens (tertiary/aromatic N) is 1. The van der Waals surface area contributed by atoms with Crippen molar-refractivity contribution in [2.45, 2.75) is 12.8 Å². The highest BCUT2D eigenvalue weighted by Gasteiger charge is 2.24. The van der Waals surface area contributed by atoms with Crippen LogP contribution in [0.3, 0.4) is 0 Å². The predicted octanol–water partition coefficient (Wildman–Crippen LogP) is 3.55. The van der Waals surface area contributed by atoms with Crippen molar-refractivity contribution in [3.8, 4) is 5.75 Å². The molecule has 0 bridgehead atoms. The average molecular weight is 357 g/mol. The highest BCUT2D eigenvalue weighted by Crippen LogP contribution is 2.33. The molecule has 0 saturated carbocycles. The predicted molar refractivity (Wildman–Crippen MR) is 101 cm³/mol. The smallest absolute Gasteiger partial charge is 0.211 e. The number of benzene rings is 2. The van der Waals surface area contributed by atoms with E-state index in [1.54, 1.807) is 11.4 Å². The van der Waals surface area contributed by atoms with Gasteiger partial charge in [0.25, 0.3) is 0 Å². The van der Waals surface area contributed by atoms with Gasteiger partial charge in [-0.15, -0.1) is 0 Å². The Hall–Kier alpha value is -2.11. The summed E-state index contributed by atoms with van der Waals surface area (Å²) < 4.78 is 30.8. The largest absolute Gasteiger partial charge is 0.497 e. The van der Waals surface area contributed by atoms with Gasteiger partial charge in [0.15, 0.2) is 0 Å². The van der Waals surface area contributed by atoms with Gasteiger partial charge in [0.2, 0.25) is 10.0 Å². The topological polar surface area (TPSA) is 46.6 Å². The third-order valence-electron chi connectivity index (χ3n) is 4.52. The molecule has 1 aliphatic heterocycles. The van der Waals surface area contributed by atoms with E-state index < -0.39 is 10.0 Å². The van der Waals surface area contributed by atoms with E-state index in [2.05, 4.69) is 12.1 Å². The summed E-state index contributed by atoms with van der Waals surface area (Å²) in [5.74, 6) is 0.808. The zero-order chi connectivity index (χ0) is 17.9. The van der Waals surface area contributed by atoms with Crippen molar-refractivity contribution >= 4 is 15.6 Å². The normalized spacial score (nSPS) is 18.0. The van der Waals surface area contributed by atoms with Crippen molar-refractivity contribution in [2.24, 2.45) is 0 Å². The average Bonchev–Trinajstić information content (AvgIpc) is 2.63. The second-order valence-electron chi connectivity index (χ2n) is 6.27. The van der Waals surface area contributed by atoms with Crippen LogP contribution >= 0.6 is 0 Å². The van der Waals surface area contributed by atoms with Gasteiger partial charge in [-0.2, -0.15) is 4.31 Å². The summed E-state index contributed by atoms with van der Waals surface area (Å²) in [5.41, 5.74) is 4.47. The molecule has 5 heteroatoms. The van der Waals surface area contributed by atoms with Crippen molar-refractivity contribution in [3.05, 3.63) is 71.3 Å². The molecule has 0 aromatic heterocycles. The molecule has 0 radical (unpaired) electrons. The Morgan fingerprint density at radius 1 is 1.00 bits per heavy atom. The number of piperidine rings is 1. The number of methoxy groups -OCH3 is 1. The summed E-state index contributed by atoms with van der Waals surface area (Å²) in [5, 5.41) is 0. The Morgan fingerprint density at radius 2 is 1.64 bits per heavy atom. The van der Waals surface area contributed by atoms with Gasteiger partial charge in [-0.3, -0.25) is 0 Å². The van der Waals surface area contributed by atoms with Crippen molar-refractivity contribution in [1.29, 1.82) is 0 Å². The Bertz CT molecular complexity index is 856. The molecule has 0 spiro atoms. The summed E-state index contributed by atoms with van der Waals surface area (Å²) in [6, 6.07) is 18.1. The van der Waals surface area contributed by atoms with Crippen molar-refractivity contribution in [3.63, 3.8) is 0 Å². The monoisotopic (exact) mass is 357 g/mol. The third-order valence-corrected chi connectivity index (χ3v) is 5.77. The quantitative estimate of drug-likeness (QED) is 0.841. The minimum absolute atomic E-state index is 0.453. The van der Waals surface area contributed by atoms with Crippen LogP contribution in [0.2, 0.25) is 0 Å². The van der Waals surface area contributed by atoms with E-state index in [4.69, 9.17) is 4.74 Å². The molecule has 0 aliphatic carbocycles. The number of hydrogen-bond donors (Lipinski definition) is 0. The van der Waals surface area contributed by atoms with Gasteiger partial charge in [-0.25, -0.2) is 8.42 Å². The van der Waals surface area contributed by atoms with Crippen LogP contribution in [0.1, 0.15) is 24.0 Å². The summed E-state index contributed by atoms with van der Waals surface area (Å²) in [7, 11) is -1.54. The zero-order valence-electron chi connectivity index (χ0n) is 14.6. The molecule has 1 saturated heterocycles. The van der Waals surface area contributed by atoms with Gasteiger partial charge in [0.1, 0.15) is 5.75 Å². The molecule has 4 nitrogen and oxygen atoms in total. The van der Waals surface area contributed by atoms with E-state index in [9.17, 15) is 8.42 Å².